The van der Waals surface area contributed by atoms with Gasteiger partial charge >= 0.3 is 0 Å². The van der Waals surface area contributed by atoms with Gasteiger partial charge in [0.15, 0.2) is 22.9 Å². The number of aliphatic hydroxyl groups excluding tert-OH is 1. The van der Waals surface area contributed by atoms with Crippen LogP contribution < -0.4 is 14.5 Å². The Balaban J connectivity index is 1.40. The highest BCUT2D eigenvalue weighted by atomic mass is 16.5. The van der Waals surface area contributed by atoms with Gasteiger partial charge in [-0.1, -0.05) is 18.2 Å². The summed E-state index contributed by atoms with van der Waals surface area (Å²) in [6.45, 7) is 2.01. The molecule has 0 bridgehead atoms. The molecule has 1 N–H and O–H groups in total. The third kappa shape index (κ3) is 3.98. The van der Waals surface area contributed by atoms with Gasteiger partial charge in [-0.15, -0.1) is 0 Å². The molecule has 1 fully saturated rings. The van der Waals surface area contributed by atoms with E-state index in [0.29, 0.717) is 28.0 Å². The maximum absolute atomic E-state index is 13.8. The van der Waals surface area contributed by atoms with Crippen molar-refractivity contribution in [3.63, 3.8) is 0 Å². The van der Waals surface area contributed by atoms with Crippen molar-refractivity contribution < 1.29 is 23.8 Å². The van der Waals surface area contributed by atoms with Crippen LogP contribution in [0.2, 0.25) is 0 Å². The van der Waals surface area contributed by atoms with Gasteiger partial charge in [0.2, 0.25) is 5.78 Å². The number of para-hydroxylation sites is 1. The molecular weight excluding hydrogens is 482 g/mol. The van der Waals surface area contributed by atoms with Crippen LogP contribution in [0.25, 0.3) is 11.0 Å². The molecule has 8 nitrogen and oxygen atoms in total. The molecule has 192 valence electrons. The van der Waals surface area contributed by atoms with Crippen LogP contribution in [0.1, 0.15) is 41.4 Å². The number of carbonyl (C=O) groups is 2. The molecule has 0 saturated carbocycles. The maximum atomic E-state index is 13.8. The molecule has 4 aromatic rings. The number of hydrogen-bond donors (Lipinski definition) is 1. The van der Waals surface area contributed by atoms with Crippen molar-refractivity contribution in [3.8, 4) is 5.75 Å². The summed E-state index contributed by atoms with van der Waals surface area (Å²) >= 11 is 0. The molecule has 1 atom stereocenters. The zero-order chi connectivity index (χ0) is 26.2. The van der Waals surface area contributed by atoms with Gasteiger partial charge in [0.1, 0.15) is 0 Å². The molecule has 2 aliphatic rings. The summed E-state index contributed by atoms with van der Waals surface area (Å²) < 4.78 is 11.2. The predicted octanol–water partition coefficient (Wildman–Crippen LogP) is 5.61. The number of rotatable bonds is 6. The number of piperidine rings is 1. The topological polar surface area (TPSA) is 96.1 Å². The quantitative estimate of drug-likeness (QED) is 0.338. The van der Waals surface area contributed by atoms with Crippen LogP contribution in [0.15, 0.2) is 88.8 Å². The normalized spacial score (nSPS) is 17.9. The number of nitrogens with zero attached hydrogens (tertiary/aromatic N) is 3. The van der Waals surface area contributed by atoms with Gasteiger partial charge in [-0.25, -0.2) is 0 Å². The average molecular weight is 510 g/mol. The minimum atomic E-state index is -0.875. The zero-order valence-electron chi connectivity index (χ0n) is 21.0. The zero-order valence-corrected chi connectivity index (χ0v) is 21.0. The van der Waals surface area contributed by atoms with Crippen LogP contribution in [-0.2, 0) is 4.79 Å². The van der Waals surface area contributed by atoms with Crippen LogP contribution in [0.3, 0.4) is 0 Å². The first-order valence-corrected chi connectivity index (χ1v) is 12.7. The second-order valence-electron chi connectivity index (χ2n) is 9.51. The van der Waals surface area contributed by atoms with Gasteiger partial charge in [0.05, 0.1) is 18.7 Å². The van der Waals surface area contributed by atoms with Crippen LogP contribution in [0.4, 0.5) is 11.4 Å². The number of carbonyl (C=O) groups excluding carboxylic acids is 2. The van der Waals surface area contributed by atoms with E-state index in [1.165, 1.54) is 18.4 Å². The first kappa shape index (κ1) is 23.8. The molecule has 38 heavy (non-hydrogen) atoms. The van der Waals surface area contributed by atoms with E-state index >= 15 is 0 Å². The molecule has 2 aromatic heterocycles. The van der Waals surface area contributed by atoms with Crippen LogP contribution in [0.5, 0.6) is 5.75 Å². The van der Waals surface area contributed by atoms with Crippen LogP contribution in [-0.4, -0.2) is 42.0 Å². The number of methoxy groups -OCH3 is 1. The Labute approximate surface area is 219 Å². The second-order valence-corrected chi connectivity index (χ2v) is 9.51. The smallest absolute Gasteiger partial charge is 0.294 e. The number of anilines is 2. The molecule has 2 aromatic carbocycles. The molecule has 6 rings (SSSR count). The molecule has 8 heteroatoms. The number of aliphatic hydroxyl groups is 1. The lowest BCUT2D eigenvalue weighted by atomic mass is 9.96. The second kappa shape index (κ2) is 9.70. The van der Waals surface area contributed by atoms with E-state index < -0.39 is 23.5 Å². The van der Waals surface area contributed by atoms with E-state index in [1.54, 1.807) is 48.8 Å². The van der Waals surface area contributed by atoms with Gasteiger partial charge < -0.3 is 19.2 Å². The number of pyridine rings is 1. The molecule has 1 unspecified atom stereocenters. The summed E-state index contributed by atoms with van der Waals surface area (Å²) in [4.78, 5) is 35.3. The highest BCUT2D eigenvalue weighted by Gasteiger charge is 2.45. The monoisotopic (exact) mass is 509 g/mol. The van der Waals surface area contributed by atoms with Crippen LogP contribution in [0, 0.1) is 0 Å². The SMILES string of the molecule is COc1cccc2cc(C(=O)C3=C(O)C(=O)N(c4ccc(N5CCCCC5)cc4)C3c3cccnc3)oc12. The standard InChI is InChI=1S/C30H27N3O5/c1-37-23-9-5-7-19-17-24(38-29(19)23)27(34)25-26(20-8-6-14-31-18-20)33(30(36)28(25)35)22-12-10-21(11-13-22)32-15-3-2-4-16-32/h5-14,17-18,26,35H,2-4,15-16H2,1H3. The fourth-order valence-electron chi connectivity index (χ4n) is 5.37. The third-order valence-electron chi connectivity index (χ3n) is 7.25. The molecule has 1 amide bonds. The highest BCUT2D eigenvalue weighted by Crippen LogP contribution is 2.43. The number of Topliss-reactive ketones (excluding diaryl/α,β-unsaturated/α-hetero) is 1. The molecule has 0 radical (unpaired) electrons. The number of hydrogen-bond acceptors (Lipinski definition) is 7. The molecule has 2 aliphatic heterocycles. The molecule has 1 saturated heterocycles. The van der Waals surface area contributed by atoms with Crippen molar-refractivity contribution in [1.82, 2.24) is 4.98 Å². The molecule has 0 aliphatic carbocycles. The van der Waals surface area contributed by atoms with E-state index in [1.807, 2.05) is 24.3 Å². The Bertz CT molecular complexity index is 1540. The molecular formula is C30H27N3O5. The number of ketones is 1. The minimum Gasteiger partial charge on any atom is -0.503 e. The predicted molar refractivity (Wildman–Crippen MR) is 144 cm³/mol. The maximum Gasteiger partial charge on any atom is 0.294 e. The Hall–Kier alpha value is -4.59. The number of fused-ring (bicyclic) bond motifs is 1. The third-order valence-corrected chi connectivity index (χ3v) is 7.25. The van der Waals surface area contributed by atoms with Crippen molar-refractivity contribution in [1.29, 1.82) is 0 Å². The molecule has 0 spiro atoms. The summed E-state index contributed by atoms with van der Waals surface area (Å²) in [6.07, 6.45) is 6.78. The lowest BCUT2D eigenvalue weighted by Crippen LogP contribution is -2.31. The highest BCUT2D eigenvalue weighted by molar-refractivity contribution is 6.20. The van der Waals surface area contributed by atoms with Crippen molar-refractivity contribution in [2.24, 2.45) is 0 Å². The Kier molecular flexibility index (Phi) is 6.07. The van der Waals surface area contributed by atoms with Gasteiger partial charge in [-0.05, 0) is 67.3 Å². The number of amides is 1. The van der Waals surface area contributed by atoms with Crippen molar-refractivity contribution in [3.05, 3.63) is 95.7 Å². The average Bonchev–Trinajstić information content (AvgIpc) is 3.53. The van der Waals surface area contributed by atoms with Gasteiger partial charge in [0, 0.05) is 42.2 Å². The van der Waals surface area contributed by atoms with E-state index in [2.05, 4.69) is 9.88 Å². The Morgan fingerprint density at radius 3 is 2.50 bits per heavy atom. The lowest BCUT2D eigenvalue weighted by Gasteiger charge is -2.30. The lowest BCUT2D eigenvalue weighted by molar-refractivity contribution is -0.117. The van der Waals surface area contributed by atoms with Gasteiger partial charge in [-0.2, -0.15) is 0 Å². The summed E-state index contributed by atoms with van der Waals surface area (Å²) in [7, 11) is 1.52. The van der Waals surface area contributed by atoms with E-state index in [0.717, 1.165) is 31.6 Å². The minimum absolute atomic E-state index is 0.00929. The van der Waals surface area contributed by atoms with E-state index in [4.69, 9.17) is 9.15 Å². The summed E-state index contributed by atoms with van der Waals surface area (Å²) in [5, 5.41) is 11.7. The van der Waals surface area contributed by atoms with Crippen molar-refractivity contribution in [2.75, 3.05) is 30.0 Å². The fourth-order valence-corrected chi connectivity index (χ4v) is 5.37. The largest absolute Gasteiger partial charge is 0.503 e. The molecule has 4 heterocycles. The number of furan rings is 1. The number of aromatic nitrogens is 1. The Morgan fingerprint density at radius 2 is 1.79 bits per heavy atom. The fraction of sp³-hybridized carbons (Fsp3) is 0.233. The van der Waals surface area contributed by atoms with Gasteiger partial charge in [0.25, 0.3) is 5.91 Å². The first-order valence-electron chi connectivity index (χ1n) is 12.7. The van der Waals surface area contributed by atoms with Crippen molar-refractivity contribution in [2.45, 2.75) is 25.3 Å². The van der Waals surface area contributed by atoms with Crippen molar-refractivity contribution >= 4 is 34.0 Å². The van der Waals surface area contributed by atoms with E-state index in [-0.39, 0.29) is 11.3 Å². The Morgan fingerprint density at radius 1 is 1.03 bits per heavy atom. The summed E-state index contributed by atoms with van der Waals surface area (Å²) in [5.41, 5.74) is 2.63. The number of ether oxygens (including phenoxy) is 1. The first-order chi connectivity index (χ1) is 18.6. The number of benzene rings is 2. The van der Waals surface area contributed by atoms with Gasteiger partial charge in [-0.3, -0.25) is 19.5 Å². The summed E-state index contributed by atoms with van der Waals surface area (Å²) in [5.74, 6) is -1.33. The summed E-state index contributed by atoms with van der Waals surface area (Å²) in [6, 6.07) is 17.3. The van der Waals surface area contributed by atoms with Crippen LogP contribution >= 0.6 is 0 Å². The van der Waals surface area contributed by atoms with E-state index in [9.17, 15) is 14.7 Å².